The van der Waals surface area contributed by atoms with Crippen molar-refractivity contribution in [1.29, 1.82) is 0 Å². The molecule has 3 heteroatoms. The SMILES string of the molecule is CCC(C)CN(CC)Cc1cc(CNC)sc1C. The smallest absolute Gasteiger partial charge is 0.0296 e. The third kappa shape index (κ3) is 4.71. The van der Waals surface area contributed by atoms with Crippen LogP contribution in [0.4, 0.5) is 0 Å². The average Bonchev–Trinajstić information content (AvgIpc) is 2.69. The van der Waals surface area contributed by atoms with Gasteiger partial charge in [0.25, 0.3) is 0 Å². The van der Waals surface area contributed by atoms with E-state index in [1.807, 2.05) is 18.4 Å². The van der Waals surface area contributed by atoms with Gasteiger partial charge in [-0.1, -0.05) is 27.2 Å². The minimum Gasteiger partial charge on any atom is -0.315 e. The van der Waals surface area contributed by atoms with E-state index in [2.05, 4.69) is 44.0 Å². The van der Waals surface area contributed by atoms with Gasteiger partial charge in [-0.3, -0.25) is 4.90 Å². The van der Waals surface area contributed by atoms with Crippen molar-refractivity contribution >= 4 is 11.3 Å². The molecular formula is C15H28N2S. The largest absolute Gasteiger partial charge is 0.315 e. The van der Waals surface area contributed by atoms with E-state index in [-0.39, 0.29) is 0 Å². The minimum atomic E-state index is 0.792. The molecule has 0 saturated carbocycles. The molecule has 1 aromatic rings. The molecule has 0 bridgehead atoms. The van der Waals surface area contributed by atoms with Gasteiger partial charge in [-0.15, -0.1) is 11.3 Å². The average molecular weight is 268 g/mol. The van der Waals surface area contributed by atoms with E-state index in [9.17, 15) is 0 Å². The molecule has 0 spiro atoms. The molecule has 0 saturated heterocycles. The standard InChI is InChI=1S/C15H28N2S/c1-6-12(3)10-17(7-2)11-14-8-15(9-16-5)18-13(14)4/h8,12,16H,6-7,9-11H2,1-5H3. The first-order valence-corrected chi connectivity index (χ1v) is 7.87. The van der Waals surface area contributed by atoms with E-state index < -0.39 is 0 Å². The van der Waals surface area contributed by atoms with Crippen molar-refractivity contribution in [2.45, 2.75) is 47.2 Å². The van der Waals surface area contributed by atoms with Crippen molar-refractivity contribution in [3.63, 3.8) is 0 Å². The second-order valence-electron chi connectivity index (χ2n) is 5.17. The van der Waals surface area contributed by atoms with Crippen molar-refractivity contribution in [2.75, 3.05) is 20.1 Å². The maximum Gasteiger partial charge on any atom is 0.0296 e. The van der Waals surface area contributed by atoms with Crippen LogP contribution in [-0.2, 0) is 13.1 Å². The molecule has 0 fully saturated rings. The Hall–Kier alpha value is -0.380. The van der Waals surface area contributed by atoms with Gasteiger partial charge in [0.2, 0.25) is 0 Å². The van der Waals surface area contributed by atoms with Crippen LogP contribution < -0.4 is 5.32 Å². The van der Waals surface area contributed by atoms with E-state index in [0.717, 1.165) is 25.6 Å². The Labute approximate surface area is 116 Å². The van der Waals surface area contributed by atoms with Crippen molar-refractivity contribution in [1.82, 2.24) is 10.2 Å². The summed E-state index contributed by atoms with van der Waals surface area (Å²) >= 11 is 1.93. The monoisotopic (exact) mass is 268 g/mol. The van der Waals surface area contributed by atoms with Crippen LogP contribution in [0.15, 0.2) is 6.07 Å². The second-order valence-corrected chi connectivity index (χ2v) is 6.51. The summed E-state index contributed by atoms with van der Waals surface area (Å²) in [5.74, 6) is 0.792. The van der Waals surface area contributed by atoms with Gasteiger partial charge in [-0.2, -0.15) is 0 Å². The number of nitrogens with one attached hydrogen (secondary N) is 1. The van der Waals surface area contributed by atoms with E-state index >= 15 is 0 Å². The molecule has 1 rings (SSSR count). The molecule has 1 unspecified atom stereocenters. The predicted octanol–water partition coefficient (Wildman–Crippen LogP) is 3.64. The normalized spacial score (nSPS) is 13.2. The van der Waals surface area contributed by atoms with Gasteiger partial charge in [-0.25, -0.2) is 0 Å². The Kier molecular flexibility index (Phi) is 6.90. The van der Waals surface area contributed by atoms with Crippen LogP contribution in [0, 0.1) is 12.8 Å². The Morgan fingerprint density at radius 3 is 2.67 bits per heavy atom. The molecule has 1 heterocycles. The molecule has 1 aromatic heterocycles. The fourth-order valence-electron chi connectivity index (χ4n) is 2.12. The van der Waals surface area contributed by atoms with E-state index in [1.165, 1.54) is 28.3 Å². The van der Waals surface area contributed by atoms with Gasteiger partial charge in [0, 0.05) is 29.4 Å². The Balaban J connectivity index is 2.63. The van der Waals surface area contributed by atoms with Crippen molar-refractivity contribution in [3.8, 4) is 0 Å². The lowest BCUT2D eigenvalue weighted by molar-refractivity contribution is 0.238. The third-order valence-corrected chi connectivity index (χ3v) is 4.62. The lowest BCUT2D eigenvalue weighted by Crippen LogP contribution is -2.27. The third-order valence-electron chi connectivity index (χ3n) is 3.53. The quantitative estimate of drug-likeness (QED) is 0.774. The summed E-state index contributed by atoms with van der Waals surface area (Å²) in [6, 6.07) is 2.37. The number of thiophene rings is 1. The molecule has 0 aliphatic rings. The molecule has 1 atom stereocenters. The van der Waals surface area contributed by atoms with Gasteiger partial charge in [-0.05, 0) is 38.1 Å². The number of nitrogens with zero attached hydrogens (tertiary/aromatic N) is 1. The first-order valence-electron chi connectivity index (χ1n) is 7.05. The molecular weight excluding hydrogens is 240 g/mol. The highest BCUT2D eigenvalue weighted by atomic mass is 32.1. The van der Waals surface area contributed by atoms with Crippen LogP contribution in [-0.4, -0.2) is 25.0 Å². The lowest BCUT2D eigenvalue weighted by atomic mass is 10.1. The number of rotatable bonds is 8. The number of hydrogen-bond donors (Lipinski definition) is 1. The Morgan fingerprint density at radius 2 is 2.11 bits per heavy atom. The lowest BCUT2D eigenvalue weighted by Gasteiger charge is -2.23. The Morgan fingerprint density at radius 1 is 1.39 bits per heavy atom. The summed E-state index contributed by atoms with van der Waals surface area (Å²) in [6.07, 6.45) is 1.27. The fourth-order valence-corrected chi connectivity index (χ4v) is 3.19. The second kappa shape index (κ2) is 7.93. The molecule has 0 aromatic carbocycles. The van der Waals surface area contributed by atoms with Crippen LogP contribution in [0.25, 0.3) is 0 Å². The first-order chi connectivity index (χ1) is 8.60. The molecule has 0 amide bonds. The van der Waals surface area contributed by atoms with Crippen LogP contribution in [0.5, 0.6) is 0 Å². The van der Waals surface area contributed by atoms with Crippen LogP contribution in [0.3, 0.4) is 0 Å². The summed E-state index contributed by atoms with van der Waals surface area (Å²) in [5, 5.41) is 3.23. The minimum absolute atomic E-state index is 0.792. The maximum absolute atomic E-state index is 3.23. The van der Waals surface area contributed by atoms with E-state index in [0.29, 0.717) is 0 Å². The van der Waals surface area contributed by atoms with Crippen molar-refractivity contribution in [3.05, 3.63) is 21.4 Å². The zero-order valence-electron chi connectivity index (χ0n) is 12.5. The van der Waals surface area contributed by atoms with Gasteiger partial charge in [0.15, 0.2) is 0 Å². The summed E-state index contributed by atoms with van der Waals surface area (Å²) in [6.45, 7) is 13.6. The van der Waals surface area contributed by atoms with Crippen molar-refractivity contribution in [2.24, 2.45) is 5.92 Å². The molecule has 1 N–H and O–H groups in total. The highest BCUT2D eigenvalue weighted by Crippen LogP contribution is 2.23. The number of aryl methyl sites for hydroxylation is 1. The Bertz CT molecular complexity index is 346. The summed E-state index contributed by atoms with van der Waals surface area (Å²) in [7, 11) is 2.01. The molecule has 0 aliphatic heterocycles. The van der Waals surface area contributed by atoms with E-state index in [4.69, 9.17) is 0 Å². The van der Waals surface area contributed by atoms with Crippen LogP contribution >= 0.6 is 11.3 Å². The predicted molar refractivity (Wildman–Crippen MR) is 82.2 cm³/mol. The van der Waals surface area contributed by atoms with Gasteiger partial charge < -0.3 is 5.32 Å². The zero-order valence-corrected chi connectivity index (χ0v) is 13.4. The summed E-state index contributed by atoms with van der Waals surface area (Å²) in [5.41, 5.74) is 1.51. The molecule has 18 heavy (non-hydrogen) atoms. The first kappa shape index (κ1) is 15.7. The fraction of sp³-hybridized carbons (Fsp3) is 0.733. The number of hydrogen-bond acceptors (Lipinski definition) is 3. The summed E-state index contributed by atoms with van der Waals surface area (Å²) in [4.78, 5) is 5.49. The van der Waals surface area contributed by atoms with Crippen LogP contribution in [0.2, 0.25) is 0 Å². The molecule has 2 nitrogen and oxygen atoms in total. The summed E-state index contributed by atoms with van der Waals surface area (Å²) < 4.78 is 0. The highest BCUT2D eigenvalue weighted by Gasteiger charge is 2.11. The maximum atomic E-state index is 3.23. The van der Waals surface area contributed by atoms with E-state index in [1.54, 1.807) is 0 Å². The molecule has 0 radical (unpaired) electrons. The van der Waals surface area contributed by atoms with Gasteiger partial charge in [0.05, 0.1) is 0 Å². The van der Waals surface area contributed by atoms with Crippen molar-refractivity contribution < 1.29 is 0 Å². The van der Waals surface area contributed by atoms with Gasteiger partial charge in [0.1, 0.15) is 0 Å². The van der Waals surface area contributed by atoms with Crippen LogP contribution in [0.1, 0.15) is 42.5 Å². The highest BCUT2D eigenvalue weighted by molar-refractivity contribution is 7.12. The molecule has 104 valence electrons. The topological polar surface area (TPSA) is 15.3 Å². The van der Waals surface area contributed by atoms with Gasteiger partial charge >= 0.3 is 0 Å². The molecule has 0 aliphatic carbocycles. The zero-order chi connectivity index (χ0) is 13.5.